The molecule has 0 spiro atoms. The number of esters is 1. The number of carbonyl (C=O) groups excluding carboxylic acids is 1. The van der Waals surface area contributed by atoms with Crippen LogP contribution in [0.1, 0.15) is 13.8 Å². The number of anilines is 1. The molecule has 1 atom stereocenters. The number of carbonyl (C=O) groups is 1. The monoisotopic (exact) mass is 317 g/mol. The van der Waals surface area contributed by atoms with Crippen LogP contribution in [0, 0.1) is 10.1 Å². The van der Waals surface area contributed by atoms with Gasteiger partial charge in [0.1, 0.15) is 6.04 Å². The molecule has 0 saturated heterocycles. The van der Waals surface area contributed by atoms with Crippen molar-refractivity contribution in [3.8, 4) is 0 Å². The number of ether oxygens (including phenoxy) is 1. The van der Waals surface area contributed by atoms with Crippen molar-refractivity contribution in [2.24, 2.45) is 0 Å². The Hall–Kier alpha value is -1.70. The maximum absolute atomic E-state index is 11.4. The minimum atomic E-state index is -0.711. The molecule has 7 nitrogen and oxygen atoms in total. The second-order valence-electron chi connectivity index (χ2n) is 3.40. The van der Waals surface area contributed by atoms with Gasteiger partial charge in [0.05, 0.1) is 11.5 Å². The van der Waals surface area contributed by atoms with Gasteiger partial charge in [-0.2, -0.15) is 0 Å². The summed E-state index contributed by atoms with van der Waals surface area (Å²) in [6, 6.07) is 0.602. The molecule has 1 heterocycles. The maximum Gasteiger partial charge on any atom is 0.328 e. The molecule has 18 heavy (non-hydrogen) atoms. The Bertz CT molecular complexity index is 466. The molecule has 1 N–H and O–H groups in total. The third-order valence-electron chi connectivity index (χ3n) is 2.02. The van der Waals surface area contributed by atoms with Crippen LogP contribution in [0.3, 0.4) is 0 Å². The first-order chi connectivity index (χ1) is 8.45. The Morgan fingerprint density at radius 2 is 2.39 bits per heavy atom. The molecule has 0 aliphatic rings. The highest BCUT2D eigenvalue weighted by atomic mass is 79.9. The predicted molar refractivity (Wildman–Crippen MR) is 68.3 cm³/mol. The normalized spacial score (nSPS) is 11.7. The van der Waals surface area contributed by atoms with E-state index in [4.69, 9.17) is 4.74 Å². The SMILES string of the molecule is CCOC(=O)C(C)Nc1ncc(Br)cc1[N+](=O)[O-]. The zero-order valence-electron chi connectivity index (χ0n) is 9.84. The van der Waals surface area contributed by atoms with Crippen LogP contribution in [-0.4, -0.2) is 28.5 Å². The number of nitrogens with zero attached hydrogens (tertiary/aromatic N) is 2. The summed E-state index contributed by atoms with van der Waals surface area (Å²) >= 11 is 3.10. The summed E-state index contributed by atoms with van der Waals surface area (Å²) in [5, 5.41) is 13.5. The molecule has 0 radical (unpaired) electrons. The molecular weight excluding hydrogens is 306 g/mol. The average molecular weight is 318 g/mol. The van der Waals surface area contributed by atoms with Gasteiger partial charge in [-0.25, -0.2) is 9.78 Å². The number of pyridine rings is 1. The van der Waals surface area contributed by atoms with Crippen LogP contribution in [0.5, 0.6) is 0 Å². The summed E-state index contributed by atoms with van der Waals surface area (Å²) in [5.41, 5.74) is -0.208. The summed E-state index contributed by atoms with van der Waals surface area (Å²) in [5.74, 6) is -0.458. The second-order valence-corrected chi connectivity index (χ2v) is 4.31. The fraction of sp³-hybridized carbons (Fsp3) is 0.400. The van der Waals surface area contributed by atoms with Gasteiger partial charge in [-0.3, -0.25) is 10.1 Å². The van der Waals surface area contributed by atoms with Crippen molar-refractivity contribution in [1.82, 2.24) is 4.98 Å². The van der Waals surface area contributed by atoms with Gasteiger partial charge >= 0.3 is 11.7 Å². The van der Waals surface area contributed by atoms with E-state index in [1.54, 1.807) is 13.8 Å². The van der Waals surface area contributed by atoms with Crippen LogP contribution < -0.4 is 5.32 Å². The molecule has 0 saturated carbocycles. The van der Waals surface area contributed by atoms with E-state index in [0.717, 1.165) is 0 Å². The Labute approximate surface area is 112 Å². The van der Waals surface area contributed by atoms with Gasteiger partial charge in [0.15, 0.2) is 0 Å². The summed E-state index contributed by atoms with van der Waals surface area (Å²) < 4.78 is 5.28. The summed E-state index contributed by atoms with van der Waals surface area (Å²) in [7, 11) is 0. The molecule has 1 rings (SSSR count). The molecule has 0 amide bonds. The summed E-state index contributed by atoms with van der Waals surface area (Å²) in [6.45, 7) is 3.48. The third kappa shape index (κ3) is 3.66. The summed E-state index contributed by atoms with van der Waals surface area (Å²) in [4.78, 5) is 25.5. The lowest BCUT2D eigenvalue weighted by molar-refractivity contribution is -0.384. The molecular formula is C10H12BrN3O4. The summed E-state index contributed by atoms with van der Waals surface area (Å²) in [6.07, 6.45) is 1.41. The Balaban J connectivity index is 2.90. The van der Waals surface area contributed by atoms with Crippen molar-refractivity contribution in [2.45, 2.75) is 19.9 Å². The zero-order chi connectivity index (χ0) is 13.7. The lowest BCUT2D eigenvalue weighted by Gasteiger charge is -2.13. The quantitative estimate of drug-likeness (QED) is 0.508. The minimum Gasteiger partial charge on any atom is -0.464 e. The average Bonchev–Trinajstić information content (AvgIpc) is 2.31. The third-order valence-corrected chi connectivity index (χ3v) is 2.46. The highest BCUT2D eigenvalue weighted by molar-refractivity contribution is 9.10. The fourth-order valence-electron chi connectivity index (χ4n) is 1.21. The number of aromatic nitrogens is 1. The standard InChI is InChI=1S/C10H12BrN3O4/c1-3-18-10(15)6(2)13-9-8(14(16)17)4-7(11)5-12-9/h4-6H,3H2,1-2H3,(H,12,13). The van der Waals surface area contributed by atoms with Gasteiger partial charge in [0.2, 0.25) is 5.82 Å². The molecule has 0 aliphatic heterocycles. The maximum atomic E-state index is 11.4. The van der Waals surface area contributed by atoms with Crippen LogP contribution in [0.2, 0.25) is 0 Å². The smallest absolute Gasteiger partial charge is 0.328 e. The van der Waals surface area contributed by atoms with Gasteiger partial charge in [0.25, 0.3) is 0 Å². The molecule has 1 aromatic heterocycles. The molecule has 98 valence electrons. The molecule has 0 bridgehead atoms. The number of rotatable bonds is 5. The van der Waals surface area contributed by atoms with Crippen LogP contribution in [0.15, 0.2) is 16.7 Å². The predicted octanol–water partition coefficient (Wildman–Crippen LogP) is 2.12. The van der Waals surface area contributed by atoms with Gasteiger partial charge in [-0.15, -0.1) is 0 Å². The molecule has 1 unspecified atom stereocenters. The van der Waals surface area contributed by atoms with Crippen LogP contribution in [0.25, 0.3) is 0 Å². The van der Waals surface area contributed by atoms with Crippen molar-refractivity contribution in [3.63, 3.8) is 0 Å². The first kappa shape index (κ1) is 14.4. The van der Waals surface area contributed by atoms with E-state index in [0.29, 0.717) is 4.47 Å². The van der Waals surface area contributed by atoms with E-state index >= 15 is 0 Å². The van der Waals surface area contributed by atoms with Gasteiger partial charge < -0.3 is 10.1 Å². The van der Waals surface area contributed by atoms with Crippen LogP contribution in [0.4, 0.5) is 11.5 Å². The zero-order valence-corrected chi connectivity index (χ0v) is 11.4. The van der Waals surface area contributed by atoms with E-state index < -0.39 is 16.9 Å². The topological polar surface area (TPSA) is 94.4 Å². The van der Waals surface area contributed by atoms with Crippen molar-refractivity contribution in [2.75, 3.05) is 11.9 Å². The highest BCUT2D eigenvalue weighted by Crippen LogP contribution is 2.25. The van der Waals surface area contributed by atoms with Gasteiger partial charge in [-0.05, 0) is 29.8 Å². The molecule has 0 fully saturated rings. The number of hydrogen-bond acceptors (Lipinski definition) is 6. The lowest BCUT2D eigenvalue weighted by atomic mass is 10.3. The second kappa shape index (κ2) is 6.29. The highest BCUT2D eigenvalue weighted by Gasteiger charge is 2.21. The van der Waals surface area contributed by atoms with Crippen molar-refractivity contribution in [1.29, 1.82) is 0 Å². The van der Waals surface area contributed by atoms with Crippen molar-refractivity contribution < 1.29 is 14.5 Å². The van der Waals surface area contributed by atoms with E-state index in [1.807, 2.05) is 0 Å². The Kier molecular flexibility index (Phi) is 5.02. The molecule has 0 aliphatic carbocycles. The number of halogens is 1. The number of nitrogens with one attached hydrogen (secondary N) is 1. The first-order valence-corrected chi connectivity index (χ1v) is 5.98. The molecule has 8 heteroatoms. The Morgan fingerprint density at radius 1 is 1.72 bits per heavy atom. The fourth-order valence-corrected chi connectivity index (χ4v) is 1.53. The largest absolute Gasteiger partial charge is 0.464 e. The first-order valence-electron chi connectivity index (χ1n) is 5.18. The van der Waals surface area contributed by atoms with E-state index in [1.165, 1.54) is 12.3 Å². The van der Waals surface area contributed by atoms with E-state index in [-0.39, 0.29) is 18.1 Å². The number of nitro groups is 1. The van der Waals surface area contributed by atoms with Crippen molar-refractivity contribution >= 4 is 33.4 Å². The van der Waals surface area contributed by atoms with Gasteiger partial charge in [-0.1, -0.05) is 0 Å². The van der Waals surface area contributed by atoms with E-state index in [9.17, 15) is 14.9 Å². The minimum absolute atomic E-state index is 0.0313. The van der Waals surface area contributed by atoms with Crippen LogP contribution in [-0.2, 0) is 9.53 Å². The molecule has 0 aromatic carbocycles. The van der Waals surface area contributed by atoms with E-state index in [2.05, 4.69) is 26.2 Å². The van der Waals surface area contributed by atoms with Crippen LogP contribution >= 0.6 is 15.9 Å². The Morgan fingerprint density at radius 3 is 2.94 bits per heavy atom. The lowest BCUT2D eigenvalue weighted by Crippen LogP contribution is -2.28. The number of hydrogen-bond donors (Lipinski definition) is 1. The molecule has 1 aromatic rings. The van der Waals surface area contributed by atoms with Crippen molar-refractivity contribution in [3.05, 3.63) is 26.9 Å². The van der Waals surface area contributed by atoms with Gasteiger partial charge in [0, 0.05) is 16.7 Å².